The Labute approximate surface area is 87.1 Å². The Hall–Kier alpha value is -1.18. The van der Waals surface area contributed by atoms with E-state index in [9.17, 15) is 0 Å². The molecule has 78 valence electrons. The summed E-state index contributed by atoms with van der Waals surface area (Å²) in [5, 5.41) is 0. The lowest BCUT2D eigenvalue weighted by Gasteiger charge is -2.21. The maximum absolute atomic E-state index is 2.22. The van der Waals surface area contributed by atoms with Crippen molar-refractivity contribution in [1.29, 1.82) is 0 Å². The van der Waals surface area contributed by atoms with Gasteiger partial charge in [-0.1, -0.05) is 0 Å². The molecule has 0 aliphatic carbocycles. The number of hydrogen-bond donors (Lipinski definition) is 0. The number of aryl methyl sites for hydroxylation is 1. The predicted molar refractivity (Wildman–Crippen MR) is 64.6 cm³/mol. The third-order valence-corrected chi connectivity index (χ3v) is 2.62. The summed E-state index contributed by atoms with van der Waals surface area (Å²) >= 11 is 0. The van der Waals surface area contributed by atoms with Crippen LogP contribution in [0.2, 0.25) is 0 Å². The van der Waals surface area contributed by atoms with Crippen LogP contribution in [0.15, 0.2) is 12.1 Å². The summed E-state index contributed by atoms with van der Waals surface area (Å²) in [5.74, 6) is 0. The van der Waals surface area contributed by atoms with Gasteiger partial charge in [-0.3, -0.25) is 0 Å². The SMILES string of the molecule is Cc1cc(N(C)C)cc(N(C)C)c1C. The van der Waals surface area contributed by atoms with Gasteiger partial charge in [0.2, 0.25) is 0 Å². The van der Waals surface area contributed by atoms with E-state index in [2.05, 4.69) is 64.0 Å². The highest BCUT2D eigenvalue weighted by molar-refractivity contribution is 5.65. The van der Waals surface area contributed by atoms with Crippen molar-refractivity contribution >= 4 is 11.4 Å². The average molecular weight is 192 g/mol. The van der Waals surface area contributed by atoms with Crippen LogP contribution >= 0.6 is 0 Å². The summed E-state index contributed by atoms with van der Waals surface area (Å²) in [7, 11) is 8.32. The third kappa shape index (κ3) is 2.00. The number of anilines is 2. The van der Waals surface area contributed by atoms with Gasteiger partial charge in [-0.15, -0.1) is 0 Å². The standard InChI is InChI=1S/C12H20N2/c1-9-7-11(13(3)4)8-12(10(9)2)14(5)6/h7-8H,1-6H3. The molecule has 0 amide bonds. The van der Waals surface area contributed by atoms with E-state index in [0.29, 0.717) is 0 Å². The second kappa shape index (κ2) is 3.91. The van der Waals surface area contributed by atoms with Crippen molar-refractivity contribution in [3.05, 3.63) is 23.3 Å². The van der Waals surface area contributed by atoms with Crippen LogP contribution in [-0.2, 0) is 0 Å². The van der Waals surface area contributed by atoms with E-state index in [0.717, 1.165) is 0 Å². The van der Waals surface area contributed by atoms with Crippen LogP contribution in [0.4, 0.5) is 11.4 Å². The van der Waals surface area contributed by atoms with E-state index < -0.39 is 0 Å². The lowest BCUT2D eigenvalue weighted by molar-refractivity contribution is 1.08. The quantitative estimate of drug-likeness (QED) is 0.710. The molecule has 0 fully saturated rings. The number of benzene rings is 1. The Balaban J connectivity index is 3.28. The van der Waals surface area contributed by atoms with E-state index in [1.54, 1.807) is 0 Å². The topological polar surface area (TPSA) is 6.48 Å². The van der Waals surface area contributed by atoms with Crippen molar-refractivity contribution < 1.29 is 0 Å². The van der Waals surface area contributed by atoms with Gasteiger partial charge in [0.25, 0.3) is 0 Å². The highest BCUT2D eigenvalue weighted by atomic mass is 15.1. The van der Waals surface area contributed by atoms with Gasteiger partial charge < -0.3 is 9.80 Å². The van der Waals surface area contributed by atoms with Gasteiger partial charge in [-0.2, -0.15) is 0 Å². The molecule has 0 bridgehead atoms. The van der Waals surface area contributed by atoms with E-state index in [-0.39, 0.29) is 0 Å². The summed E-state index contributed by atoms with van der Waals surface area (Å²) < 4.78 is 0. The Morgan fingerprint density at radius 1 is 0.857 bits per heavy atom. The van der Waals surface area contributed by atoms with Crippen molar-refractivity contribution in [2.45, 2.75) is 13.8 Å². The molecule has 1 aromatic carbocycles. The predicted octanol–water partition coefficient (Wildman–Crippen LogP) is 2.44. The minimum atomic E-state index is 1.26. The fourth-order valence-electron chi connectivity index (χ4n) is 1.54. The molecule has 2 heteroatoms. The van der Waals surface area contributed by atoms with Crippen LogP contribution in [0.25, 0.3) is 0 Å². The van der Waals surface area contributed by atoms with Crippen LogP contribution in [0.3, 0.4) is 0 Å². The van der Waals surface area contributed by atoms with E-state index in [1.165, 1.54) is 22.5 Å². The molecule has 2 nitrogen and oxygen atoms in total. The first-order chi connectivity index (χ1) is 6.43. The molecular weight excluding hydrogens is 172 g/mol. The van der Waals surface area contributed by atoms with Crippen molar-refractivity contribution in [3.8, 4) is 0 Å². The molecule has 0 unspecified atom stereocenters. The van der Waals surface area contributed by atoms with Crippen molar-refractivity contribution in [2.24, 2.45) is 0 Å². The maximum atomic E-state index is 2.22. The van der Waals surface area contributed by atoms with Crippen molar-refractivity contribution in [2.75, 3.05) is 38.0 Å². The van der Waals surface area contributed by atoms with E-state index in [1.807, 2.05) is 0 Å². The normalized spacial score (nSPS) is 10.1. The van der Waals surface area contributed by atoms with Gasteiger partial charge >= 0.3 is 0 Å². The highest BCUT2D eigenvalue weighted by Crippen LogP contribution is 2.27. The maximum Gasteiger partial charge on any atom is 0.0414 e. The molecule has 0 N–H and O–H groups in total. The molecule has 1 aromatic rings. The molecule has 0 aromatic heterocycles. The Morgan fingerprint density at radius 2 is 1.43 bits per heavy atom. The highest BCUT2D eigenvalue weighted by Gasteiger charge is 2.06. The molecule has 14 heavy (non-hydrogen) atoms. The summed E-state index contributed by atoms with van der Waals surface area (Å²) in [6.07, 6.45) is 0. The minimum absolute atomic E-state index is 1.26. The molecule has 1 rings (SSSR count). The van der Waals surface area contributed by atoms with E-state index in [4.69, 9.17) is 0 Å². The lowest BCUT2D eigenvalue weighted by atomic mass is 10.1. The molecule has 0 spiro atoms. The van der Waals surface area contributed by atoms with E-state index >= 15 is 0 Å². The summed E-state index contributed by atoms with van der Waals surface area (Å²) in [5.41, 5.74) is 5.27. The Bertz CT molecular complexity index is 327. The largest absolute Gasteiger partial charge is 0.378 e. The van der Waals surface area contributed by atoms with Gasteiger partial charge in [0.05, 0.1) is 0 Å². The smallest absolute Gasteiger partial charge is 0.0414 e. The first-order valence-electron chi connectivity index (χ1n) is 4.89. The summed E-state index contributed by atoms with van der Waals surface area (Å²) in [4.78, 5) is 4.30. The first-order valence-corrected chi connectivity index (χ1v) is 4.89. The fourth-order valence-corrected chi connectivity index (χ4v) is 1.54. The molecule has 0 heterocycles. The second-order valence-electron chi connectivity index (χ2n) is 4.20. The molecule has 0 aliphatic rings. The zero-order valence-corrected chi connectivity index (χ0v) is 10.0. The number of rotatable bonds is 2. The van der Waals surface area contributed by atoms with Crippen LogP contribution in [0.5, 0.6) is 0 Å². The van der Waals surface area contributed by atoms with Crippen LogP contribution < -0.4 is 9.80 Å². The van der Waals surface area contributed by atoms with Crippen LogP contribution in [0, 0.1) is 13.8 Å². The Morgan fingerprint density at radius 3 is 1.86 bits per heavy atom. The molecule has 0 saturated heterocycles. The number of hydrogen-bond acceptors (Lipinski definition) is 2. The zero-order chi connectivity index (χ0) is 10.9. The molecule has 0 aliphatic heterocycles. The van der Waals surface area contributed by atoms with Crippen molar-refractivity contribution in [1.82, 2.24) is 0 Å². The zero-order valence-electron chi connectivity index (χ0n) is 10.0. The Kier molecular flexibility index (Phi) is 3.04. The van der Waals surface area contributed by atoms with Gasteiger partial charge in [0, 0.05) is 39.6 Å². The molecule has 0 radical (unpaired) electrons. The monoisotopic (exact) mass is 192 g/mol. The molecule has 0 saturated carbocycles. The molecular formula is C12H20N2. The summed E-state index contributed by atoms with van der Waals surface area (Å²) in [6.45, 7) is 4.33. The van der Waals surface area contributed by atoms with Gasteiger partial charge in [0.1, 0.15) is 0 Å². The lowest BCUT2D eigenvalue weighted by Crippen LogP contribution is -2.14. The average Bonchev–Trinajstić information content (AvgIpc) is 2.08. The minimum Gasteiger partial charge on any atom is -0.378 e. The van der Waals surface area contributed by atoms with Gasteiger partial charge in [-0.25, -0.2) is 0 Å². The van der Waals surface area contributed by atoms with Crippen LogP contribution in [0.1, 0.15) is 11.1 Å². The van der Waals surface area contributed by atoms with Gasteiger partial charge in [-0.05, 0) is 37.1 Å². The van der Waals surface area contributed by atoms with Crippen molar-refractivity contribution in [3.63, 3.8) is 0 Å². The molecule has 0 atom stereocenters. The summed E-state index contributed by atoms with van der Waals surface area (Å²) in [6, 6.07) is 4.45. The van der Waals surface area contributed by atoms with Gasteiger partial charge in [0.15, 0.2) is 0 Å². The second-order valence-corrected chi connectivity index (χ2v) is 4.20. The third-order valence-electron chi connectivity index (χ3n) is 2.62. The number of nitrogens with zero attached hydrogens (tertiary/aromatic N) is 2. The van der Waals surface area contributed by atoms with Crippen LogP contribution in [-0.4, -0.2) is 28.2 Å². The fraction of sp³-hybridized carbons (Fsp3) is 0.500. The first kappa shape index (κ1) is 10.9.